The Hall–Kier alpha value is -2.44. The van der Waals surface area contributed by atoms with Gasteiger partial charge in [-0.15, -0.1) is 0 Å². The largest absolute Gasteiger partial charge is 0.497 e. The molecule has 0 radical (unpaired) electrons. The molecule has 0 saturated carbocycles. The minimum Gasteiger partial charge on any atom is -0.497 e. The van der Waals surface area contributed by atoms with Crippen LogP contribution in [0.3, 0.4) is 0 Å². The molecule has 24 heavy (non-hydrogen) atoms. The molecular weight excluding hydrogens is 338 g/mol. The number of aliphatic hydroxyl groups is 1. The van der Waals surface area contributed by atoms with Crippen molar-refractivity contribution < 1.29 is 18.6 Å². The van der Waals surface area contributed by atoms with Crippen molar-refractivity contribution in [2.75, 3.05) is 7.11 Å². The molecule has 1 aromatic heterocycles. The number of methoxy groups -OCH3 is 1. The topological polar surface area (TPSA) is 58.1 Å². The predicted octanol–water partition coefficient (Wildman–Crippen LogP) is 3.63. The third-order valence-electron chi connectivity index (χ3n) is 3.78. The zero-order chi connectivity index (χ0) is 17.3. The third kappa shape index (κ3) is 2.53. The van der Waals surface area contributed by atoms with Gasteiger partial charge in [-0.2, -0.15) is 0 Å². The molecule has 0 aliphatic heterocycles. The summed E-state index contributed by atoms with van der Waals surface area (Å²) < 4.78 is 33.9. The summed E-state index contributed by atoms with van der Waals surface area (Å²) in [5.41, 5.74) is -2.55. The SMILES string of the molecule is COc1ccc(C(O)(c2cnc[nH]2)c2c(F)cccc2F)c(Cl)c1. The Labute approximate surface area is 141 Å². The van der Waals surface area contributed by atoms with E-state index in [0.717, 1.165) is 12.1 Å². The molecule has 1 atom stereocenters. The van der Waals surface area contributed by atoms with Crippen LogP contribution in [0.15, 0.2) is 48.9 Å². The van der Waals surface area contributed by atoms with Crippen molar-refractivity contribution in [1.82, 2.24) is 9.97 Å². The smallest absolute Gasteiger partial charge is 0.163 e. The lowest BCUT2D eigenvalue weighted by Gasteiger charge is -2.29. The van der Waals surface area contributed by atoms with Crippen LogP contribution >= 0.6 is 11.6 Å². The number of nitrogens with one attached hydrogen (secondary N) is 1. The second-order valence-electron chi connectivity index (χ2n) is 5.12. The first-order chi connectivity index (χ1) is 11.5. The van der Waals surface area contributed by atoms with Crippen LogP contribution in [-0.4, -0.2) is 22.2 Å². The zero-order valence-electron chi connectivity index (χ0n) is 12.6. The summed E-state index contributed by atoms with van der Waals surface area (Å²) in [5, 5.41) is 11.4. The summed E-state index contributed by atoms with van der Waals surface area (Å²) in [6.07, 6.45) is 2.59. The lowest BCUT2D eigenvalue weighted by molar-refractivity contribution is 0.112. The maximum atomic E-state index is 14.4. The van der Waals surface area contributed by atoms with Gasteiger partial charge < -0.3 is 14.8 Å². The summed E-state index contributed by atoms with van der Waals surface area (Å²) >= 11 is 6.24. The van der Waals surface area contributed by atoms with Gasteiger partial charge in [0.05, 0.1) is 35.9 Å². The van der Waals surface area contributed by atoms with Crippen molar-refractivity contribution in [1.29, 1.82) is 0 Å². The van der Waals surface area contributed by atoms with Gasteiger partial charge in [0.25, 0.3) is 0 Å². The van der Waals surface area contributed by atoms with E-state index in [4.69, 9.17) is 16.3 Å². The van der Waals surface area contributed by atoms with Crippen molar-refractivity contribution in [2.24, 2.45) is 0 Å². The molecule has 2 N–H and O–H groups in total. The molecule has 0 aliphatic rings. The molecule has 4 nitrogen and oxygen atoms in total. The summed E-state index contributed by atoms with van der Waals surface area (Å²) in [5.74, 6) is -1.36. The van der Waals surface area contributed by atoms with E-state index in [9.17, 15) is 13.9 Å². The van der Waals surface area contributed by atoms with Crippen LogP contribution in [-0.2, 0) is 5.60 Å². The average molecular weight is 351 g/mol. The van der Waals surface area contributed by atoms with Crippen LogP contribution in [0.25, 0.3) is 0 Å². The van der Waals surface area contributed by atoms with E-state index in [1.54, 1.807) is 6.07 Å². The molecular formula is C17H13ClF2N2O2. The number of imidazole rings is 1. The number of H-pyrrole nitrogens is 1. The van der Waals surface area contributed by atoms with Crippen molar-refractivity contribution in [2.45, 2.75) is 5.60 Å². The summed E-state index contributed by atoms with van der Waals surface area (Å²) in [7, 11) is 1.46. The second-order valence-corrected chi connectivity index (χ2v) is 5.53. The Kier molecular flexibility index (Phi) is 4.26. The number of aromatic amines is 1. The molecule has 0 bridgehead atoms. The van der Waals surface area contributed by atoms with Gasteiger partial charge in [0, 0.05) is 5.56 Å². The number of ether oxygens (including phenoxy) is 1. The fourth-order valence-corrected chi connectivity index (χ4v) is 2.94. The van der Waals surface area contributed by atoms with E-state index in [1.165, 1.54) is 37.8 Å². The number of halogens is 3. The summed E-state index contributed by atoms with van der Waals surface area (Å²) in [4.78, 5) is 6.53. The first kappa shape index (κ1) is 16.4. The van der Waals surface area contributed by atoms with Gasteiger partial charge in [0.15, 0.2) is 5.60 Å². The Morgan fingerprint density at radius 3 is 2.46 bits per heavy atom. The first-order valence-corrected chi connectivity index (χ1v) is 7.36. The van der Waals surface area contributed by atoms with Gasteiger partial charge in [-0.25, -0.2) is 13.8 Å². The van der Waals surface area contributed by atoms with E-state index in [1.807, 2.05) is 0 Å². The van der Waals surface area contributed by atoms with E-state index in [-0.39, 0.29) is 16.3 Å². The molecule has 3 aromatic rings. The van der Waals surface area contributed by atoms with Crippen LogP contribution < -0.4 is 4.74 Å². The van der Waals surface area contributed by atoms with E-state index >= 15 is 0 Å². The monoisotopic (exact) mass is 350 g/mol. The molecule has 0 spiro atoms. The molecule has 2 aromatic carbocycles. The number of rotatable bonds is 4. The van der Waals surface area contributed by atoms with Crippen molar-refractivity contribution in [3.8, 4) is 5.75 Å². The van der Waals surface area contributed by atoms with Crippen LogP contribution in [0.5, 0.6) is 5.75 Å². The van der Waals surface area contributed by atoms with Crippen LogP contribution in [0.2, 0.25) is 5.02 Å². The number of aromatic nitrogens is 2. The predicted molar refractivity (Wildman–Crippen MR) is 85.1 cm³/mol. The number of nitrogens with zero attached hydrogens (tertiary/aromatic N) is 1. The van der Waals surface area contributed by atoms with E-state index < -0.39 is 22.8 Å². The highest BCUT2D eigenvalue weighted by atomic mass is 35.5. The average Bonchev–Trinajstić information content (AvgIpc) is 3.09. The Morgan fingerprint density at radius 2 is 1.92 bits per heavy atom. The maximum Gasteiger partial charge on any atom is 0.163 e. The minimum atomic E-state index is -2.19. The minimum absolute atomic E-state index is 0.0820. The highest BCUT2D eigenvalue weighted by Crippen LogP contribution is 2.42. The highest BCUT2D eigenvalue weighted by molar-refractivity contribution is 6.31. The van der Waals surface area contributed by atoms with E-state index in [0.29, 0.717) is 5.75 Å². The number of hydrogen-bond donors (Lipinski definition) is 2. The lowest BCUT2D eigenvalue weighted by atomic mass is 9.83. The molecule has 7 heteroatoms. The molecule has 3 rings (SSSR count). The first-order valence-electron chi connectivity index (χ1n) is 6.98. The molecule has 1 unspecified atom stereocenters. The number of benzene rings is 2. The third-order valence-corrected chi connectivity index (χ3v) is 4.09. The highest BCUT2D eigenvalue weighted by Gasteiger charge is 2.41. The quantitative estimate of drug-likeness (QED) is 0.755. The summed E-state index contributed by atoms with van der Waals surface area (Å²) in [6, 6.07) is 7.80. The molecule has 124 valence electrons. The lowest BCUT2D eigenvalue weighted by Crippen LogP contribution is -2.32. The van der Waals surface area contributed by atoms with Crippen molar-refractivity contribution in [3.05, 3.63) is 82.4 Å². The van der Waals surface area contributed by atoms with Gasteiger partial charge in [0.2, 0.25) is 0 Å². The van der Waals surface area contributed by atoms with Gasteiger partial charge >= 0.3 is 0 Å². The van der Waals surface area contributed by atoms with Gasteiger partial charge in [-0.1, -0.05) is 23.7 Å². The van der Waals surface area contributed by atoms with Crippen LogP contribution in [0, 0.1) is 11.6 Å². The normalized spacial score (nSPS) is 13.5. The van der Waals surface area contributed by atoms with Crippen LogP contribution in [0.4, 0.5) is 8.78 Å². The van der Waals surface area contributed by atoms with E-state index in [2.05, 4.69) is 9.97 Å². The van der Waals surface area contributed by atoms with Crippen molar-refractivity contribution in [3.63, 3.8) is 0 Å². The standard InChI is InChI=1S/C17H13ClF2N2O2/c1-24-10-5-6-11(12(18)7-10)17(23,15-8-21-9-22-15)16-13(19)3-2-4-14(16)20/h2-9,23H,1H3,(H,21,22). The Balaban J connectivity index is 2.33. The van der Waals surface area contributed by atoms with Crippen molar-refractivity contribution >= 4 is 11.6 Å². The summed E-state index contributed by atoms with van der Waals surface area (Å²) in [6.45, 7) is 0. The second kappa shape index (κ2) is 6.22. The maximum absolute atomic E-state index is 14.4. The number of hydrogen-bond acceptors (Lipinski definition) is 3. The Bertz CT molecular complexity index is 851. The zero-order valence-corrected chi connectivity index (χ0v) is 13.3. The molecule has 0 saturated heterocycles. The molecule has 0 fully saturated rings. The van der Waals surface area contributed by atoms with Gasteiger partial charge in [-0.3, -0.25) is 0 Å². The molecule has 0 amide bonds. The fourth-order valence-electron chi connectivity index (χ4n) is 2.63. The molecule has 1 heterocycles. The van der Waals surface area contributed by atoms with Gasteiger partial charge in [0.1, 0.15) is 17.4 Å². The van der Waals surface area contributed by atoms with Gasteiger partial charge in [-0.05, 0) is 24.3 Å². The fraction of sp³-hybridized carbons (Fsp3) is 0.118. The Morgan fingerprint density at radius 1 is 1.21 bits per heavy atom. The van der Waals surface area contributed by atoms with Crippen LogP contribution in [0.1, 0.15) is 16.8 Å². The molecule has 0 aliphatic carbocycles.